The van der Waals surface area contributed by atoms with Crippen molar-refractivity contribution in [1.82, 2.24) is 5.32 Å². The molecule has 0 aromatic rings. The normalized spacial score (nSPS) is 14.1. The van der Waals surface area contributed by atoms with Gasteiger partial charge in [-0.25, -0.2) is 0 Å². The van der Waals surface area contributed by atoms with Gasteiger partial charge in [0.15, 0.2) is 0 Å². The number of hydrogen-bond donors (Lipinski definition) is 5. The van der Waals surface area contributed by atoms with Crippen LogP contribution in [0.2, 0.25) is 0 Å². The van der Waals surface area contributed by atoms with E-state index in [4.69, 9.17) is 0 Å². The van der Waals surface area contributed by atoms with Crippen molar-refractivity contribution < 1.29 is 25.2 Å². The summed E-state index contributed by atoms with van der Waals surface area (Å²) < 4.78 is 0. The summed E-state index contributed by atoms with van der Waals surface area (Å²) in [5.41, 5.74) is 0. The van der Waals surface area contributed by atoms with Crippen molar-refractivity contribution in [2.75, 3.05) is 6.61 Å². The summed E-state index contributed by atoms with van der Waals surface area (Å²) >= 11 is 0. The maximum absolute atomic E-state index is 12.5. The van der Waals surface area contributed by atoms with Gasteiger partial charge >= 0.3 is 0 Å². The lowest BCUT2D eigenvalue weighted by molar-refractivity contribution is -0.132. The van der Waals surface area contributed by atoms with E-state index in [-0.39, 0.29) is 0 Å². The number of rotatable bonds is 50. The van der Waals surface area contributed by atoms with Gasteiger partial charge in [0.2, 0.25) is 5.91 Å². The van der Waals surface area contributed by atoms with Crippen LogP contribution in [0, 0.1) is 0 Å². The van der Waals surface area contributed by atoms with Crippen molar-refractivity contribution >= 4 is 5.91 Å². The highest BCUT2D eigenvalue weighted by atomic mass is 16.3. The molecule has 6 heteroatoms. The van der Waals surface area contributed by atoms with Crippen LogP contribution in [0.1, 0.15) is 284 Å². The molecule has 6 nitrogen and oxygen atoms in total. The SMILES string of the molecule is CCCCC/C=C/CC/C=C/CCCC(O)C(O)C(CO)NC(=O)C(O)CCCCCCCCCCCCCCCCCC/C=C\CCCCCCCCCCCCCCCC. The molecule has 0 aromatic heterocycles. The molecule has 1 amide bonds. The maximum atomic E-state index is 12.5. The van der Waals surface area contributed by atoms with Crippen LogP contribution in [-0.4, -0.2) is 57.3 Å². The Kier molecular flexibility index (Phi) is 49.3. The molecule has 0 aliphatic carbocycles. The lowest BCUT2D eigenvalue weighted by Gasteiger charge is -2.27. The molecule has 62 heavy (non-hydrogen) atoms. The first-order valence-corrected chi connectivity index (χ1v) is 27.4. The Bertz CT molecular complexity index is 981. The summed E-state index contributed by atoms with van der Waals surface area (Å²) in [6.07, 6.45) is 62.3. The molecule has 0 aromatic carbocycles. The number of amides is 1. The minimum absolute atomic E-state index is 0.362. The van der Waals surface area contributed by atoms with E-state index >= 15 is 0 Å². The van der Waals surface area contributed by atoms with Crippen LogP contribution in [0.3, 0.4) is 0 Å². The second-order valence-corrected chi connectivity index (χ2v) is 18.9. The molecule has 4 unspecified atom stereocenters. The van der Waals surface area contributed by atoms with Gasteiger partial charge in [-0.05, 0) is 77.0 Å². The second kappa shape index (κ2) is 50.5. The first kappa shape index (κ1) is 60.5. The predicted molar refractivity (Wildman–Crippen MR) is 270 cm³/mol. The zero-order valence-electron chi connectivity index (χ0n) is 41.4. The molecule has 0 heterocycles. The average molecular weight is 874 g/mol. The molecule has 0 radical (unpaired) electrons. The van der Waals surface area contributed by atoms with Crippen LogP contribution in [0.25, 0.3) is 0 Å². The number of carbonyl (C=O) groups excluding carboxylic acids is 1. The third-order valence-electron chi connectivity index (χ3n) is 12.8. The Balaban J connectivity index is 3.55. The fourth-order valence-electron chi connectivity index (χ4n) is 8.48. The number of allylic oxidation sites excluding steroid dienone is 6. The van der Waals surface area contributed by atoms with E-state index in [1.54, 1.807) is 0 Å². The minimum atomic E-state index is -1.29. The predicted octanol–water partition coefficient (Wildman–Crippen LogP) is 15.6. The van der Waals surface area contributed by atoms with Crippen molar-refractivity contribution in [3.05, 3.63) is 36.5 Å². The van der Waals surface area contributed by atoms with Crippen LogP contribution in [0.15, 0.2) is 36.5 Å². The van der Waals surface area contributed by atoms with Gasteiger partial charge in [-0.1, -0.05) is 243 Å². The standard InChI is InChI=1S/C56H107NO5/c1-3-5-7-9-11-13-15-17-18-19-20-21-22-23-24-25-26-27-28-29-30-31-32-33-34-35-36-37-38-40-42-44-46-48-50-54(60)56(62)57-52(51-58)55(61)53(59)49-47-45-43-41-39-16-14-12-10-8-6-4-2/h12,14,25-26,41,43,52-55,58-61H,3-11,13,15-24,27-40,42,44-51H2,1-2H3,(H,57,62)/b14-12+,26-25-,43-41+. The number of aliphatic hydroxyl groups is 4. The van der Waals surface area contributed by atoms with Gasteiger partial charge in [0.05, 0.1) is 18.8 Å². The van der Waals surface area contributed by atoms with Gasteiger partial charge in [0.1, 0.15) is 12.2 Å². The summed E-state index contributed by atoms with van der Waals surface area (Å²) in [7, 11) is 0. The fourth-order valence-corrected chi connectivity index (χ4v) is 8.48. The monoisotopic (exact) mass is 874 g/mol. The summed E-state index contributed by atoms with van der Waals surface area (Å²) in [6, 6.07) is -1.01. The first-order chi connectivity index (χ1) is 30.5. The Hall–Kier alpha value is -1.47. The molecular formula is C56H107NO5. The van der Waals surface area contributed by atoms with Crippen LogP contribution in [-0.2, 0) is 4.79 Å². The van der Waals surface area contributed by atoms with Gasteiger partial charge in [0, 0.05) is 0 Å². The molecule has 4 atom stereocenters. The lowest BCUT2D eigenvalue weighted by atomic mass is 10.00. The number of aliphatic hydroxyl groups excluding tert-OH is 4. The number of hydrogen-bond acceptors (Lipinski definition) is 5. The Morgan fingerprint density at radius 3 is 1.05 bits per heavy atom. The Morgan fingerprint density at radius 1 is 0.387 bits per heavy atom. The van der Waals surface area contributed by atoms with Crippen molar-refractivity contribution in [2.24, 2.45) is 0 Å². The quantitative estimate of drug-likeness (QED) is 0.0309. The van der Waals surface area contributed by atoms with E-state index in [2.05, 4.69) is 55.6 Å². The summed E-state index contributed by atoms with van der Waals surface area (Å²) in [4.78, 5) is 12.5. The molecule has 0 rings (SSSR count). The van der Waals surface area contributed by atoms with Gasteiger partial charge in [0.25, 0.3) is 0 Å². The highest BCUT2D eigenvalue weighted by Crippen LogP contribution is 2.17. The zero-order chi connectivity index (χ0) is 45.2. The second-order valence-electron chi connectivity index (χ2n) is 18.9. The van der Waals surface area contributed by atoms with E-state index in [0.29, 0.717) is 19.3 Å². The summed E-state index contributed by atoms with van der Waals surface area (Å²) in [5, 5.41) is 43.7. The van der Waals surface area contributed by atoms with Crippen molar-refractivity contribution in [1.29, 1.82) is 0 Å². The fraction of sp³-hybridized carbons (Fsp3) is 0.875. The molecule has 5 N–H and O–H groups in total. The van der Waals surface area contributed by atoms with Crippen molar-refractivity contribution in [3.63, 3.8) is 0 Å². The smallest absolute Gasteiger partial charge is 0.249 e. The van der Waals surface area contributed by atoms with Crippen LogP contribution in [0.4, 0.5) is 0 Å². The van der Waals surface area contributed by atoms with Gasteiger partial charge < -0.3 is 25.7 Å². The molecule has 366 valence electrons. The topological polar surface area (TPSA) is 110 Å². The lowest BCUT2D eigenvalue weighted by Crippen LogP contribution is -2.53. The molecule has 0 saturated heterocycles. The van der Waals surface area contributed by atoms with Gasteiger partial charge in [-0.3, -0.25) is 4.79 Å². The molecule has 0 saturated carbocycles. The van der Waals surface area contributed by atoms with Crippen LogP contribution in [0.5, 0.6) is 0 Å². The molecule has 0 fully saturated rings. The van der Waals surface area contributed by atoms with Gasteiger partial charge in [-0.15, -0.1) is 0 Å². The molecule has 0 aliphatic heterocycles. The number of unbranched alkanes of at least 4 members (excludes halogenated alkanes) is 35. The highest BCUT2D eigenvalue weighted by molar-refractivity contribution is 5.80. The van der Waals surface area contributed by atoms with Crippen LogP contribution >= 0.6 is 0 Å². The first-order valence-electron chi connectivity index (χ1n) is 27.4. The number of nitrogens with one attached hydrogen (secondary N) is 1. The van der Waals surface area contributed by atoms with E-state index in [1.165, 1.54) is 205 Å². The largest absolute Gasteiger partial charge is 0.394 e. The van der Waals surface area contributed by atoms with Crippen molar-refractivity contribution in [3.8, 4) is 0 Å². The highest BCUT2D eigenvalue weighted by Gasteiger charge is 2.28. The Morgan fingerprint density at radius 2 is 0.677 bits per heavy atom. The molecule has 0 bridgehead atoms. The maximum Gasteiger partial charge on any atom is 0.249 e. The van der Waals surface area contributed by atoms with E-state index in [0.717, 1.165) is 44.9 Å². The summed E-state index contributed by atoms with van der Waals surface area (Å²) in [5.74, 6) is -0.596. The van der Waals surface area contributed by atoms with E-state index in [9.17, 15) is 25.2 Å². The third kappa shape index (κ3) is 43.8. The molecular weight excluding hydrogens is 767 g/mol. The minimum Gasteiger partial charge on any atom is -0.394 e. The number of carbonyl (C=O) groups is 1. The third-order valence-corrected chi connectivity index (χ3v) is 12.8. The molecule has 0 aliphatic rings. The average Bonchev–Trinajstić information content (AvgIpc) is 3.28. The summed E-state index contributed by atoms with van der Waals surface area (Å²) in [6.45, 7) is 4.01. The van der Waals surface area contributed by atoms with Crippen molar-refractivity contribution in [2.45, 2.75) is 308 Å². The Labute approximate surface area is 386 Å². The van der Waals surface area contributed by atoms with Gasteiger partial charge in [-0.2, -0.15) is 0 Å². The zero-order valence-corrected chi connectivity index (χ0v) is 41.4. The van der Waals surface area contributed by atoms with E-state index < -0.39 is 36.9 Å². The molecule has 0 spiro atoms. The van der Waals surface area contributed by atoms with Crippen LogP contribution < -0.4 is 5.32 Å². The van der Waals surface area contributed by atoms with E-state index in [1.807, 2.05) is 0 Å².